The van der Waals surface area contributed by atoms with Crippen molar-refractivity contribution < 1.29 is 19.0 Å². The molecule has 0 saturated carbocycles. The number of nitrogens with one attached hydrogen (secondary N) is 1. The van der Waals surface area contributed by atoms with Gasteiger partial charge in [0.1, 0.15) is 24.2 Å². The van der Waals surface area contributed by atoms with Gasteiger partial charge in [0.15, 0.2) is 0 Å². The normalized spacial score (nSPS) is 13.9. The summed E-state index contributed by atoms with van der Waals surface area (Å²) in [4.78, 5) is 20.8. The van der Waals surface area contributed by atoms with E-state index >= 15 is 0 Å². The molecule has 0 saturated heterocycles. The average molecular weight is 394 g/mol. The Morgan fingerprint density at radius 3 is 2.69 bits per heavy atom. The number of anilines is 1. The number of carbonyl (C=O) groups is 1. The smallest absolute Gasteiger partial charge is 0.311 e. The summed E-state index contributed by atoms with van der Waals surface area (Å²) in [6.45, 7) is 5.63. The van der Waals surface area contributed by atoms with Crippen LogP contribution >= 0.6 is 0 Å². The molecule has 1 atom stereocenters. The summed E-state index contributed by atoms with van der Waals surface area (Å²) in [5.74, 6) is 0.571. The Bertz CT molecular complexity index is 989. The summed E-state index contributed by atoms with van der Waals surface area (Å²) >= 11 is 0. The molecule has 8 heteroatoms. The van der Waals surface area contributed by atoms with Gasteiger partial charge in [-0.2, -0.15) is 5.26 Å². The third kappa shape index (κ3) is 4.29. The first-order valence-electron chi connectivity index (χ1n) is 9.11. The SMILES string of the molecule is COC(=O)Cc1nc(C)nc(N[C@H](C)c2cccc(C#N)c2C)c1C1OC=CO1. The fraction of sp³-hybridized carbons (Fsp3) is 0.333. The zero-order valence-electron chi connectivity index (χ0n) is 16.7. The zero-order chi connectivity index (χ0) is 21.0. The summed E-state index contributed by atoms with van der Waals surface area (Å²) < 4.78 is 15.8. The molecule has 3 rings (SSSR count). The van der Waals surface area contributed by atoms with Crippen LogP contribution in [0.3, 0.4) is 0 Å². The van der Waals surface area contributed by atoms with E-state index in [0.29, 0.717) is 28.5 Å². The third-order valence-electron chi connectivity index (χ3n) is 4.69. The number of rotatable bonds is 6. The maximum Gasteiger partial charge on any atom is 0.311 e. The molecule has 0 fully saturated rings. The van der Waals surface area contributed by atoms with Crippen LogP contribution in [-0.4, -0.2) is 23.0 Å². The molecule has 0 amide bonds. The first-order chi connectivity index (χ1) is 13.9. The van der Waals surface area contributed by atoms with Gasteiger partial charge in [-0.25, -0.2) is 9.97 Å². The summed E-state index contributed by atoms with van der Waals surface area (Å²) in [5, 5.41) is 12.7. The Labute approximate surface area is 169 Å². The lowest BCUT2D eigenvalue weighted by atomic mass is 9.98. The summed E-state index contributed by atoms with van der Waals surface area (Å²) in [5.41, 5.74) is 3.48. The maximum atomic E-state index is 11.9. The average Bonchev–Trinajstić information content (AvgIpc) is 3.21. The van der Waals surface area contributed by atoms with Crippen molar-refractivity contribution in [2.75, 3.05) is 12.4 Å². The van der Waals surface area contributed by atoms with Crippen LogP contribution in [0.5, 0.6) is 0 Å². The summed E-state index contributed by atoms with van der Waals surface area (Å²) in [6, 6.07) is 7.63. The third-order valence-corrected chi connectivity index (χ3v) is 4.69. The number of aryl methyl sites for hydroxylation is 1. The number of esters is 1. The molecule has 1 aromatic carbocycles. The highest BCUT2D eigenvalue weighted by atomic mass is 16.7. The standard InChI is InChI=1S/C21H22N4O4/c1-12-15(11-22)6-5-7-16(12)13(2)23-20-19(21-28-8-9-29-21)17(10-18(26)27-4)24-14(3)25-20/h5-9,13,21H,10H2,1-4H3,(H,23,24,25)/t13-/m1/s1. The lowest BCUT2D eigenvalue weighted by molar-refractivity contribution is -0.139. The van der Waals surface area contributed by atoms with Crippen molar-refractivity contribution in [2.24, 2.45) is 0 Å². The van der Waals surface area contributed by atoms with E-state index in [1.807, 2.05) is 26.0 Å². The Kier molecular flexibility index (Phi) is 5.98. The lowest BCUT2D eigenvalue weighted by Crippen LogP contribution is -2.19. The van der Waals surface area contributed by atoms with E-state index < -0.39 is 12.3 Å². The largest absolute Gasteiger partial charge is 0.469 e. The van der Waals surface area contributed by atoms with Gasteiger partial charge in [0.25, 0.3) is 6.29 Å². The molecule has 0 unspecified atom stereocenters. The Hall–Kier alpha value is -3.60. The van der Waals surface area contributed by atoms with Crippen molar-refractivity contribution in [2.45, 2.75) is 39.5 Å². The number of carbonyl (C=O) groups excluding carboxylic acids is 1. The van der Waals surface area contributed by atoms with E-state index in [9.17, 15) is 10.1 Å². The second-order valence-corrected chi connectivity index (χ2v) is 6.61. The van der Waals surface area contributed by atoms with Crippen molar-refractivity contribution in [1.82, 2.24) is 9.97 Å². The van der Waals surface area contributed by atoms with Gasteiger partial charge in [0.2, 0.25) is 0 Å². The Balaban J connectivity index is 2.02. The van der Waals surface area contributed by atoms with Crippen molar-refractivity contribution in [3.05, 3.63) is 64.5 Å². The molecule has 1 aromatic heterocycles. The van der Waals surface area contributed by atoms with Crippen LogP contribution in [0.1, 0.15) is 53.0 Å². The molecule has 2 heterocycles. The van der Waals surface area contributed by atoms with Crippen molar-refractivity contribution in [3.8, 4) is 6.07 Å². The predicted octanol–water partition coefficient (Wildman–Crippen LogP) is 3.37. The van der Waals surface area contributed by atoms with E-state index in [0.717, 1.165) is 11.1 Å². The highest BCUT2D eigenvalue weighted by Gasteiger charge is 2.28. The molecule has 1 aliphatic rings. The highest BCUT2D eigenvalue weighted by Crippen LogP contribution is 2.34. The minimum Gasteiger partial charge on any atom is -0.469 e. The van der Waals surface area contributed by atoms with E-state index in [1.54, 1.807) is 13.0 Å². The minimum absolute atomic E-state index is 0.0373. The predicted molar refractivity (Wildman–Crippen MR) is 104 cm³/mol. The van der Waals surface area contributed by atoms with Gasteiger partial charge >= 0.3 is 5.97 Å². The molecule has 0 spiro atoms. The van der Waals surface area contributed by atoms with Gasteiger partial charge in [0, 0.05) is 0 Å². The number of benzene rings is 1. The fourth-order valence-electron chi connectivity index (χ4n) is 3.24. The molecule has 0 radical (unpaired) electrons. The van der Waals surface area contributed by atoms with Crippen LogP contribution in [0.15, 0.2) is 30.7 Å². The molecule has 150 valence electrons. The van der Waals surface area contributed by atoms with Gasteiger partial charge in [-0.3, -0.25) is 4.79 Å². The molecule has 8 nitrogen and oxygen atoms in total. The quantitative estimate of drug-likeness (QED) is 0.743. The van der Waals surface area contributed by atoms with E-state index in [4.69, 9.17) is 14.2 Å². The number of ether oxygens (including phenoxy) is 3. The first-order valence-corrected chi connectivity index (χ1v) is 9.11. The van der Waals surface area contributed by atoms with Gasteiger partial charge in [0.05, 0.1) is 42.5 Å². The van der Waals surface area contributed by atoms with Gasteiger partial charge in [-0.15, -0.1) is 0 Å². The summed E-state index contributed by atoms with van der Waals surface area (Å²) in [6.07, 6.45) is 2.06. The van der Waals surface area contributed by atoms with E-state index in [2.05, 4.69) is 21.4 Å². The molecule has 0 bridgehead atoms. The van der Waals surface area contributed by atoms with Crippen molar-refractivity contribution in [3.63, 3.8) is 0 Å². The highest BCUT2D eigenvalue weighted by molar-refractivity contribution is 5.73. The Morgan fingerprint density at radius 2 is 2.03 bits per heavy atom. The molecular weight excluding hydrogens is 372 g/mol. The lowest BCUT2D eigenvalue weighted by Gasteiger charge is -2.23. The zero-order valence-corrected chi connectivity index (χ0v) is 16.7. The number of methoxy groups -OCH3 is 1. The monoisotopic (exact) mass is 394 g/mol. The topological polar surface area (TPSA) is 106 Å². The number of aromatic nitrogens is 2. The molecular formula is C21H22N4O4. The van der Waals surface area contributed by atoms with Crippen LogP contribution in [0.25, 0.3) is 0 Å². The van der Waals surface area contributed by atoms with Crippen molar-refractivity contribution >= 4 is 11.8 Å². The summed E-state index contributed by atoms with van der Waals surface area (Å²) in [7, 11) is 1.33. The first kappa shape index (κ1) is 20.1. The van der Waals surface area contributed by atoms with Crippen LogP contribution in [0, 0.1) is 25.2 Å². The van der Waals surface area contributed by atoms with Crippen LogP contribution in [0.4, 0.5) is 5.82 Å². The van der Waals surface area contributed by atoms with Gasteiger partial charge < -0.3 is 19.5 Å². The molecule has 2 aromatic rings. The molecule has 1 aliphatic heterocycles. The van der Waals surface area contributed by atoms with Crippen LogP contribution < -0.4 is 5.32 Å². The minimum atomic E-state index is -0.767. The number of nitrogens with zero attached hydrogens (tertiary/aromatic N) is 3. The van der Waals surface area contributed by atoms with E-state index in [-0.39, 0.29) is 12.5 Å². The molecule has 1 N–H and O–H groups in total. The van der Waals surface area contributed by atoms with Crippen LogP contribution in [0.2, 0.25) is 0 Å². The fourth-order valence-corrected chi connectivity index (χ4v) is 3.24. The Morgan fingerprint density at radius 1 is 1.31 bits per heavy atom. The molecule has 29 heavy (non-hydrogen) atoms. The van der Waals surface area contributed by atoms with Crippen molar-refractivity contribution in [1.29, 1.82) is 5.26 Å². The van der Waals surface area contributed by atoms with Gasteiger partial charge in [-0.05, 0) is 38.0 Å². The number of hydrogen-bond acceptors (Lipinski definition) is 8. The maximum absolute atomic E-state index is 11.9. The molecule has 0 aliphatic carbocycles. The number of hydrogen-bond donors (Lipinski definition) is 1. The van der Waals surface area contributed by atoms with Gasteiger partial charge in [-0.1, -0.05) is 12.1 Å². The number of nitriles is 1. The second-order valence-electron chi connectivity index (χ2n) is 6.61. The van der Waals surface area contributed by atoms with Crippen LogP contribution in [-0.2, 0) is 25.4 Å². The van der Waals surface area contributed by atoms with E-state index in [1.165, 1.54) is 19.6 Å². The second kappa shape index (κ2) is 8.61.